The molecule has 0 aromatic heterocycles. The quantitative estimate of drug-likeness (QED) is 0.530. The first-order valence-corrected chi connectivity index (χ1v) is 8.75. The molecular weight excluding hydrogens is 391 g/mol. The minimum Gasteiger partial charge on any atom is -0.383 e. The average Bonchev–Trinajstić information content (AvgIpc) is 3.13. The molecule has 154 valence electrons. The second-order valence-corrected chi connectivity index (χ2v) is 6.19. The summed E-state index contributed by atoms with van der Waals surface area (Å²) in [7, 11) is 1.60. The summed E-state index contributed by atoms with van der Waals surface area (Å²) in [6.45, 7) is 5.07. The van der Waals surface area contributed by atoms with Gasteiger partial charge in [0.05, 0.1) is 13.2 Å². The van der Waals surface area contributed by atoms with E-state index in [1.807, 2.05) is 18.2 Å². The van der Waals surface area contributed by atoms with Crippen LogP contribution in [0.2, 0.25) is 0 Å². The summed E-state index contributed by atoms with van der Waals surface area (Å²) in [5.74, 6) is -0.451. The summed E-state index contributed by atoms with van der Waals surface area (Å²) < 4.78 is 4.89. The lowest BCUT2D eigenvalue weighted by Crippen LogP contribution is -2.45. The molecule has 1 saturated heterocycles. The molecule has 27 heavy (non-hydrogen) atoms. The van der Waals surface area contributed by atoms with Crippen molar-refractivity contribution in [3.63, 3.8) is 0 Å². The number of amides is 2. The van der Waals surface area contributed by atoms with Gasteiger partial charge in [-0.15, -0.1) is 24.8 Å². The summed E-state index contributed by atoms with van der Waals surface area (Å²) in [6, 6.07) is 7.22. The number of hydrogen-bond acceptors (Lipinski definition) is 5. The molecule has 0 bridgehead atoms. The van der Waals surface area contributed by atoms with Gasteiger partial charge in [0, 0.05) is 38.1 Å². The third-order valence-corrected chi connectivity index (χ3v) is 4.12. The van der Waals surface area contributed by atoms with Crippen LogP contribution in [-0.2, 0) is 14.3 Å². The van der Waals surface area contributed by atoms with Crippen LogP contribution in [0.3, 0.4) is 0 Å². The van der Waals surface area contributed by atoms with E-state index in [4.69, 9.17) is 4.74 Å². The number of carbonyl (C=O) groups is 2. The van der Waals surface area contributed by atoms with Crippen LogP contribution < -0.4 is 20.9 Å². The van der Waals surface area contributed by atoms with Gasteiger partial charge in [-0.05, 0) is 38.0 Å². The average molecular weight is 421 g/mol. The molecule has 0 spiro atoms. The van der Waals surface area contributed by atoms with E-state index >= 15 is 0 Å². The molecule has 0 saturated carbocycles. The van der Waals surface area contributed by atoms with E-state index in [2.05, 4.69) is 26.9 Å². The molecule has 1 aliphatic rings. The first-order valence-electron chi connectivity index (χ1n) is 8.75. The van der Waals surface area contributed by atoms with E-state index in [0.29, 0.717) is 13.2 Å². The minimum absolute atomic E-state index is 0. The smallest absolute Gasteiger partial charge is 0.246 e. The number of hydrogen-bond donors (Lipinski definition) is 3. The van der Waals surface area contributed by atoms with Crippen molar-refractivity contribution in [2.24, 2.45) is 0 Å². The Morgan fingerprint density at radius 2 is 1.93 bits per heavy atom. The minimum atomic E-state index is -0.604. The van der Waals surface area contributed by atoms with Crippen LogP contribution in [0.4, 0.5) is 11.4 Å². The summed E-state index contributed by atoms with van der Waals surface area (Å²) in [5, 5.41) is 8.49. The molecule has 1 aromatic carbocycles. The highest BCUT2D eigenvalue weighted by molar-refractivity contribution is 5.97. The Kier molecular flexibility index (Phi) is 12.8. The van der Waals surface area contributed by atoms with Crippen molar-refractivity contribution < 1.29 is 14.3 Å². The number of carbonyl (C=O) groups excluding carboxylic acids is 2. The SMILES string of the molecule is COCCNCC(=O)NC(C)C(=O)Nc1cccc(N2CCCC2)c1.Cl.Cl. The number of methoxy groups -OCH3 is 1. The molecule has 1 atom stereocenters. The number of benzene rings is 1. The van der Waals surface area contributed by atoms with Gasteiger partial charge in [-0.2, -0.15) is 0 Å². The summed E-state index contributed by atoms with van der Waals surface area (Å²) in [4.78, 5) is 26.4. The monoisotopic (exact) mass is 420 g/mol. The van der Waals surface area contributed by atoms with E-state index < -0.39 is 6.04 Å². The van der Waals surface area contributed by atoms with E-state index in [1.165, 1.54) is 12.8 Å². The molecule has 1 aliphatic heterocycles. The molecular formula is C18H30Cl2N4O3. The zero-order valence-corrected chi connectivity index (χ0v) is 17.5. The summed E-state index contributed by atoms with van der Waals surface area (Å²) >= 11 is 0. The van der Waals surface area contributed by atoms with Crippen LogP contribution in [0, 0.1) is 0 Å². The Balaban J connectivity index is 0.00000338. The maximum atomic E-state index is 12.3. The number of halogens is 2. The van der Waals surface area contributed by atoms with Crippen LogP contribution in [0.25, 0.3) is 0 Å². The lowest BCUT2D eigenvalue weighted by Gasteiger charge is -2.19. The molecule has 9 heteroatoms. The van der Waals surface area contributed by atoms with Gasteiger partial charge in [-0.3, -0.25) is 9.59 Å². The number of rotatable bonds is 9. The molecule has 2 rings (SSSR count). The molecule has 0 radical (unpaired) electrons. The zero-order valence-electron chi connectivity index (χ0n) is 15.8. The normalized spacial score (nSPS) is 13.9. The number of anilines is 2. The summed E-state index contributed by atoms with van der Waals surface area (Å²) in [6.07, 6.45) is 2.41. The Labute approximate surface area is 173 Å². The molecule has 1 unspecified atom stereocenters. The van der Waals surface area contributed by atoms with Crippen molar-refractivity contribution in [3.05, 3.63) is 24.3 Å². The predicted molar refractivity (Wildman–Crippen MR) is 113 cm³/mol. The lowest BCUT2D eigenvalue weighted by atomic mass is 10.2. The molecule has 3 N–H and O–H groups in total. The standard InChI is InChI=1S/C18H28N4O3.2ClH/c1-14(20-17(23)13-19-8-11-25-2)18(24)21-15-6-5-7-16(12-15)22-9-3-4-10-22;;/h5-7,12,14,19H,3-4,8-11,13H2,1-2H3,(H,20,23)(H,21,24);2*1H. The molecule has 2 amide bonds. The zero-order chi connectivity index (χ0) is 18.1. The molecule has 1 aromatic rings. The van der Waals surface area contributed by atoms with Crippen molar-refractivity contribution in [1.82, 2.24) is 10.6 Å². The van der Waals surface area contributed by atoms with Crippen molar-refractivity contribution in [3.8, 4) is 0 Å². The van der Waals surface area contributed by atoms with Crippen LogP contribution in [0.15, 0.2) is 24.3 Å². The predicted octanol–water partition coefficient (Wildman–Crippen LogP) is 1.81. The van der Waals surface area contributed by atoms with Gasteiger partial charge in [0.1, 0.15) is 6.04 Å². The Bertz CT molecular complexity index is 583. The fourth-order valence-electron chi connectivity index (χ4n) is 2.74. The summed E-state index contributed by atoms with van der Waals surface area (Å²) in [5.41, 5.74) is 1.86. The van der Waals surface area contributed by atoms with Gasteiger partial charge in [-0.25, -0.2) is 0 Å². The maximum Gasteiger partial charge on any atom is 0.246 e. The van der Waals surface area contributed by atoms with Gasteiger partial charge in [0.15, 0.2) is 0 Å². The molecule has 1 fully saturated rings. The molecule has 0 aliphatic carbocycles. The number of nitrogens with zero attached hydrogens (tertiary/aromatic N) is 1. The van der Waals surface area contributed by atoms with E-state index in [0.717, 1.165) is 24.5 Å². The van der Waals surface area contributed by atoms with Gasteiger partial charge in [0.25, 0.3) is 0 Å². The van der Waals surface area contributed by atoms with E-state index in [9.17, 15) is 9.59 Å². The van der Waals surface area contributed by atoms with E-state index in [1.54, 1.807) is 14.0 Å². The van der Waals surface area contributed by atoms with Crippen molar-refractivity contribution in [2.75, 3.05) is 50.1 Å². The van der Waals surface area contributed by atoms with Gasteiger partial charge < -0.3 is 25.6 Å². The van der Waals surface area contributed by atoms with Crippen LogP contribution >= 0.6 is 24.8 Å². The highest BCUT2D eigenvalue weighted by Crippen LogP contribution is 2.23. The second kappa shape index (κ2) is 13.6. The number of ether oxygens (including phenoxy) is 1. The fraction of sp³-hybridized carbons (Fsp3) is 0.556. The van der Waals surface area contributed by atoms with Gasteiger partial charge >= 0.3 is 0 Å². The highest BCUT2D eigenvalue weighted by atomic mass is 35.5. The highest BCUT2D eigenvalue weighted by Gasteiger charge is 2.17. The third-order valence-electron chi connectivity index (χ3n) is 4.12. The van der Waals surface area contributed by atoms with Crippen LogP contribution in [-0.4, -0.2) is 57.8 Å². The lowest BCUT2D eigenvalue weighted by molar-refractivity contribution is -0.125. The van der Waals surface area contributed by atoms with Crippen molar-refractivity contribution in [2.45, 2.75) is 25.8 Å². The van der Waals surface area contributed by atoms with Crippen LogP contribution in [0.1, 0.15) is 19.8 Å². The Morgan fingerprint density at radius 1 is 1.22 bits per heavy atom. The Morgan fingerprint density at radius 3 is 2.59 bits per heavy atom. The van der Waals surface area contributed by atoms with Gasteiger partial charge in [0.2, 0.25) is 11.8 Å². The molecule has 1 heterocycles. The van der Waals surface area contributed by atoms with E-state index in [-0.39, 0.29) is 43.2 Å². The topological polar surface area (TPSA) is 82.7 Å². The third kappa shape index (κ3) is 8.79. The largest absolute Gasteiger partial charge is 0.383 e. The Hall–Kier alpha value is -1.54. The first kappa shape index (κ1) is 25.5. The second-order valence-electron chi connectivity index (χ2n) is 6.19. The maximum absolute atomic E-state index is 12.3. The van der Waals surface area contributed by atoms with Crippen molar-refractivity contribution >= 4 is 48.0 Å². The van der Waals surface area contributed by atoms with Crippen LogP contribution in [0.5, 0.6) is 0 Å². The van der Waals surface area contributed by atoms with Gasteiger partial charge in [-0.1, -0.05) is 6.07 Å². The molecule has 7 nitrogen and oxygen atoms in total. The van der Waals surface area contributed by atoms with Crippen molar-refractivity contribution in [1.29, 1.82) is 0 Å². The first-order chi connectivity index (χ1) is 12.1. The number of nitrogens with one attached hydrogen (secondary N) is 3. The fourth-order valence-corrected chi connectivity index (χ4v) is 2.74.